The summed E-state index contributed by atoms with van der Waals surface area (Å²) in [6, 6.07) is 0.844. The third-order valence-electron chi connectivity index (χ3n) is 4.15. The van der Waals surface area contributed by atoms with Crippen molar-refractivity contribution in [1.82, 2.24) is 5.32 Å². The van der Waals surface area contributed by atoms with Crippen molar-refractivity contribution in [3.8, 4) is 0 Å². The molecule has 0 aromatic carbocycles. The van der Waals surface area contributed by atoms with E-state index in [9.17, 15) is 0 Å². The molecule has 2 saturated carbocycles. The van der Waals surface area contributed by atoms with E-state index in [-0.39, 0.29) is 0 Å². The fourth-order valence-electron chi connectivity index (χ4n) is 2.99. The van der Waals surface area contributed by atoms with Gasteiger partial charge in [0.15, 0.2) is 0 Å². The molecule has 0 amide bonds. The molecular weight excluding hydrogens is 158 g/mol. The van der Waals surface area contributed by atoms with E-state index >= 15 is 0 Å². The molecule has 0 aliphatic heterocycles. The van der Waals surface area contributed by atoms with Crippen LogP contribution in [0.3, 0.4) is 0 Å². The minimum absolute atomic E-state index is 0.844. The molecule has 1 heteroatoms. The molecule has 0 aromatic rings. The molecule has 1 unspecified atom stereocenters. The van der Waals surface area contributed by atoms with E-state index in [0.29, 0.717) is 0 Å². The number of hydrogen-bond donors (Lipinski definition) is 1. The maximum Gasteiger partial charge on any atom is 0.00949 e. The Balaban J connectivity index is 1.75. The Morgan fingerprint density at radius 3 is 2.23 bits per heavy atom. The van der Waals surface area contributed by atoms with Gasteiger partial charge in [-0.3, -0.25) is 0 Å². The topological polar surface area (TPSA) is 12.0 Å². The molecule has 2 aliphatic rings. The van der Waals surface area contributed by atoms with E-state index in [1.54, 1.807) is 0 Å². The summed E-state index contributed by atoms with van der Waals surface area (Å²) in [6.07, 6.45) is 11.9. The summed E-state index contributed by atoms with van der Waals surface area (Å²) >= 11 is 0. The average molecular weight is 181 g/mol. The molecule has 0 radical (unpaired) electrons. The fourth-order valence-corrected chi connectivity index (χ4v) is 2.99. The van der Waals surface area contributed by atoms with Gasteiger partial charge in [0.25, 0.3) is 0 Å². The highest BCUT2D eigenvalue weighted by Crippen LogP contribution is 2.35. The van der Waals surface area contributed by atoms with Gasteiger partial charge in [0.05, 0.1) is 0 Å². The van der Waals surface area contributed by atoms with Crippen LogP contribution in [0.25, 0.3) is 0 Å². The zero-order valence-corrected chi connectivity index (χ0v) is 8.89. The Kier molecular flexibility index (Phi) is 3.26. The molecule has 2 aliphatic carbocycles. The van der Waals surface area contributed by atoms with Gasteiger partial charge in [0.1, 0.15) is 0 Å². The Morgan fingerprint density at radius 2 is 1.77 bits per heavy atom. The summed E-state index contributed by atoms with van der Waals surface area (Å²) in [6.45, 7) is 0. The molecule has 0 saturated heterocycles. The van der Waals surface area contributed by atoms with Crippen LogP contribution in [0.2, 0.25) is 0 Å². The normalized spacial score (nSPS) is 27.5. The number of hydrogen-bond acceptors (Lipinski definition) is 1. The van der Waals surface area contributed by atoms with Crippen molar-refractivity contribution in [2.24, 2.45) is 11.8 Å². The molecule has 2 rings (SSSR count). The molecule has 0 bridgehead atoms. The standard InChI is InChI=1S/C12H23N/c1-13-12(11-7-4-8-11)9-10-5-2-3-6-10/h10-13H,2-9H2,1H3. The molecule has 13 heavy (non-hydrogen) atoms. The van der Waals surface area contributed by atoms with Crippen molar-refractivity contribution in [1.29, 1.82) is 0 Å². The van der Waals surface area contributed by atoms with E-state index in [0.717, 1.165) is 17.9 Å². The summed E-state index contributed by atoms with van der Waals surface area (Å²) in [5.41, 5.74) is 0. The van der Waals surface area contributed by atoms with E-state index in [4.69, 9.17) is 0 Å². The van der Waals surface area contributed by atoms with Crippen LogP contribution < -0.4 is 5.32 Å². The summed E-state index contributed by atoms with van der Waals surface area (Å²) in [5, 5.41) is 3.53. The lowest BCUT2D eigenvalue weighted by molar-refractivity contribution is 0.208. The first-order valence-corrected chi connectivity index (χ1v) is 6.07. The highest BCUT2D eigenvalue weighted by Gasteiger charge is 2.28. The number of rotatable bonds is 4. The molecule has 0 heterocycles. The van der Waals surface area contributed by atoms with Gasteiger partial charge in [0, 0.05) is 6.04 Å². The zero-order chi connectivity index (χ0) is 9.10. The Labute approximate surface area is 82.3 Å². The maximum absolute atomic E-state index is 3.53. The van der Waals surface area contributed by atoms with Crippen LogP contribution in [0.1, 0.15) is 51.4 Å². The minimum Gasteiger partial charge on any atom is -0.317 e. The predicted octanol–water partition coefficient (Wildman–Crippen LogP) is 2.95. The zero-order valence-electron chi connectivity index (χ0n) is 8.89. The third-order valence-corrected chi connectivity index (χ3v) is 4.15. The third kappa shape index (κ3) is 2.25. The molecule has 1 atom stereocenters. The van der Waals surface area contributed by atoms with Gasteiger partial charge in [0.2, 0.25) is 0 Å². The van der Waals surface area contributed by atoms with Crippen LogP contribution in [0.15, 0.2) is 0 Å². The molecule has 1 nitrogen and oxygen atoms in total. The van der Waals surface area contributed by atoms with Gasteiger partial charge < -0.3 is 5.32 Å². The van der Waals surface area contributed by atoms with Gasteiger partial charge in [-0.2, -0.15) is 0 Å². The SMILES string of the molecule is CNC(CC1CCCC1)C1CCC1. The summed E-state index contributed by atoms with van der Waals surface area (Å²) < 4.78 is 0. The second kappa shape index (κ2) is 4.45. The van der Waals surface area contributed by atoms with Crippen LogP contribution in [-0.2, 0) is 0 Å². The van der Waals surface area contributed by atoms with E-state index in [1.165, 1.54) is 51.4 Å². The lowest BCUT2D eigenvalue weighted by atomic mass is 9.76. The second-order valence-electron chi connectivity index (χ2n) is 4.97. The number of nitrogens with one attached hydrogen (secondary N) is 1. The predicted molar refractivity (Wildman–Crippen MR) is 56.8 cm³/mol. The average Bonchev–Trinajstić information content (AvgIpc) is 2.52. The van der Waals surface area contributed by atoms with Crippen molar-refractivity contribution in [3.05, 3.63) is 0 Å². The summed E-state index contributed by atoms with van der Waals surface area (Å²) in [4.78, 5) is 0. The van der Waals surface area contributed by atoms with Crippen molar-refractivity contribution in [3.63, 3.8) is 0 Å². The first kappa shape index (κ1) is 9.51. The lowest BCUT2D eigenvalue weighted by Crippen LogP contribution is -2.38. The van der Waals surface area contributed by atoms with Gasteiger partial charge in [-0.05, 0) is 38.1 Å². The smallest absolute Gasteiger partial charge is 0.00949 e. The Bertz CT molecular complexity index is 145. The molecule has 2 fully saturated rings. The second-order valence-corrected chi connectivity index (χ2v) is 4.97. The van der Waals surface area contributed by atoms with Gasteiger partial charge in [-0.1, -0.05) is 32.1 Å². The largest absolute Gasteiger partial charge is 0.317 e. The lowest BCUT2D eigenvalue weighted by Gasteiger charge is -2.35. The van der Waals surface area contributed by atoms with E-state index < -0.39 is 0 Å². The van der Waals surface area contributed by atoms with Gasteiger partial charge in [-0.25, -0.2) is 0 Å². The first-order valence-electron chi connectivity index (χ1n) is 6.07. The van der Waals surface area contributed by atoms with Crippen LogP contribution in [0.4, 0.5) is 0 Å². The summed E-state index contributed by atoms with van der Waals surface area (Å²) in [5.74, 6) is 2.07. The van der Waals surface area contributed by atoms with Crippen LogP contribution in [-0.4, -0.2) is 13.1 Å². The molecule has 76 valence electrons. The van der Waals surface area contributed by atoms with Crippen LogP contribution in [0, 0.1) is 11.8 Å². The van der Waals surface area contributed by atoms with Crippen LogP contribution >= 0.6 is 0 Å². The molecule has 0 spiro atoms. The van der Waals surface area contributed by atoms with Crippen LogP contribution in [0.5, 0.6) is 0 Å². The van der Waals surface area contributed by atoms with Gasteiger partial charge >= 0.3 is 0 Å². The molecular formula is C12H23N. The van der Waals surface area contributed by atoms with Crippen molar-refractivity contribution in [2.45, 2.75) is 57.4 Å². The monoisotopic (exact) mass is 181 g/mol. The van der Waals surface area contributed by atoms with Crippen molar-refractivity contribution >= 4 is 0 Å². The summed E-state index contributed by atoms with van der Waals surface area (Å²) in [7, 11) is 2.15. The quantitative estimate of drug-likeness (QED) is 0.703. The van der Waals surface area contributed by atoms with Crippen molar-refractivity contribution < 1.29 is 0 Å². The highest BCUT2D eigenvalue weighted by molar-refractivity contribution is 4.84. The van der Waals surface area contributed by atoms with E-state index in [2.05, 4.69) is 12.4 Å². The maximum atomic E-state index is 3.53. The Hall–Kier alpha value is -0.0400. The molecule has 0 aromatic heterocycles. The minimum atomic E-state index is 0.844. The van der Waals surface area contributed by atoms with E-state index in [1.807, 2.05) is 0 Å². The van der Waals surface area contributed by atoms with Crippen molar-refractivity contribution in [2.75, 3.05) is 7.05 Å². The Morgan fingerprint density at radius 1 is 1.08 bits per heavy atom. The van der Waals surface area contributed by atoms with Gasteiger partial charge in [-0.15, -0.1) is 0 Å². The highest BCUT2D eigenvalue weighted by atomic mass is 14.9. The molecule has 1 N–H and O–H groups in total. The fraction of sp³-hybridized carbons (Fsp3) is 1.00. The first-order chi connectivity index (χ1) is 6.40.